The summed E-state index contributed by atoms with van der Waals surface area (Å²) in [6.45, 7) is 1.99. The predicted octanol–water partition coefficient (Wildman–Crippen LogP) is 3.16. The van der Waals surface area contributed by atoms with Crippen molar-refractivity contribution < 1.29 is 0 Å². The molecule has 0 N–H and O–H groups in total. The standard InChI is InChI=1S/C21H15AsCl2N5OS/c1-2-31-17-12-27-29(20(30)19(17)24)18-10-13(6-8-25-18)16-7-9-26-21(28-16)22-14-4-3-5-15(23)11-14/h3-12H,2H2,1H3. The van der Waals surface area contributed by atoms with Gasteiger partial charge >= 0.3 is 194 Å². The number of rotatable bonds is 6. The van der Waals surface area contributed by atoms with Crippen LogP contribution < -0.4 is 14.5 Å². The summed E-state index contributed by atoms with van der Waals surface area (Å²) in [6, 6.07) is 13.1. The van der Waals surface area contributed by atoms with Gasteiger partial charge in [0.25, 0.3) is 0 Å². The summed E-state index contributed by atoms with van der Waals surface area (Å²) in [4.78, 5) is 26.7. The first-order chi connectivity index (χ1) is 15.0. The molecule has 6 nitrogen and oxygen atoms in total. The van der Waals surface area contributed by atoms with Crippen molar-refractivity contribution in [2.75, 3.05) is 5.75 Å². The molecule has 0 atom stereocenters. The number of hydrogen-bond donors (Lipinski definition) is 0. The van der Waals surface area contributed by atoms with Crippen molar-refractivity contribution in [3.8, 4) is 17.1 Å². The van der Waals surface area contributed by atoms with Gasteiger partial charge in [-0.2, -0.15) is 0 Å². The average Bonchev–Trinajstić information content (AvgIpc) is 2.77. The zero-order chi connectivity index (χ0) is 21.8. The van der Waals surface area contributed by atoms with Crippen LogP contribution in [0.4, 0.5) is 0 Å². The van der Waals surface area contributed by atoms with Gasteiger partial charge in [-0.15, -0.1) is 0 Å². The Kier molecular flexibility index (Phi) is 7.08. The Morgan fingerprint density at radius 2 is 1.94 bits per heavy atom. The van der Waals surface area contributed by atoms with E-state index in [1.807, 2.05) is 43.3 Å². The van der Waals surface area contributed by atoms with Crippen molar-refractivity contribution in [3.05, 3.63) is 81.5 Å². The van der Waals surface area contributed by atoms with Crippen molar-refractivity contribution >= 4 is 59.7 Å². The molecular weight excluding hydrogens is 516 g/mol. The van der Waals surface area contributed by atoms with E-state index in [-0.39, 0.29) is 5.02 Å². The number of benzene rings is 1. The van der Waals surface area contributed by atoms with E-state index in [0.717, 1.165) is 26.0 Å². The molecule has 0 aliphatic rings. The van der Waals surface area contributed by atoms with Gasteiger partial charge in [0.05, 0.1) is 0 Å². The van der Waals surface area contributed by atoms with Gasteiger partial charge in [-0.1, -0.05) is 6.92 Å². The van der Waals surface area contributed by atoms with Gasteiger partial charge in [0.2, 0.25) is 0 Å². The molecule has 0 unspecified atom stereocenters. The van der Waals surface area contributed by atoms with Crippen LogP contribution in [0.1, 0.15) is 6.92 Å². The molecule has 0 amide bonds. The number of aromatic nitrogens is 5. The summed E-state index contributed by atoms with van der Waals surface area (Å²) < 4.78 is 3.08. The molecule has 0 aliphatic heterocycles. The molecule has 4 aromatic rings. The fourth-order valence-corrected chi connectivity index (χ4v) is 5.89. The van der Waals surface area contributed by atoms with Crippen LogP contribution in [-0.4, -0.2) is 46.2 Å². The Balaban J connectivity index is 1.66. The molecule has 155 valence electrons. The summed E-state index contributed by atoms with van der Waals surface area (Å²) >= 11 is 13.4. The van der Waals surface area contributed by atoms with Crippen molar-refractivity contribution in [2.45, 2.75) is 11.8 Å². The van der Waals surface area contributed by atoms with E-state index < -0.39 is 21.3 Å². The summed E-state index contributed by atoms with van der Waals surface area (Å²) in [6.07, 6.45) is 4.94. The van der Waals surface area contributed by atoms with Crippen LogP contribution in [0.15, 0.2) is 70.7 Å². The first kappa shape index (κ1) is 22.0. The summed E-state index contributed by atoms with van der Waals surface area (Å²) in [5.41, 5.74) is 1.14. The molecule has 0 bridgehead atoms. The normalized spacial score (nSPS) is 11.3. The van der Waals surface area contributed by atoms with Crippen molar-refractivity contribution in [1.82, 2.24) is 24.7 Å². The predicted molar refractivity (Wildman–Crippen MR) is 127 cm³/mol. The third kappa shape index (κ3) is 5.18. The maximum absolute atomic E-state index is 12.7. The van der Waals surface area contributed by atoms with E-state index in [1.165, 1.54) is 16.4 Å². The minimum atomic E-state index is -0.409. The fraction of sp³-hybridized carbons (Fsp3) is 0.0952. The van der Waals surface area contributed by atoms with Crippen LogP contribution in [0.2, 0.25) is 10.0 Å². The van der Waals surface area contributed by atoms with Crippen molar-refractivity contribution in [2.24, 2.45) is 0 Å². The van der Waals surface area contributed by atoms with E-state index in [1.54, 1.807) is 24.7 Å². The van der Waals surface area contributed by atoms with Gasteiger partial charge in [0.1, 0.15) is 0 Å². The zero-order valence-electron chi connectivity index (χ0n) is 16.2. The van der Waals surface area contributed by atoms with Gasteiger partial charge in [-0.05, 0) is 0 Å². The van der Waals surface area contributed by atoms with E-state index in [0.29, 0.717) is 15.7 Å². The molecule has 3 heterocycles. The molecular formula is C21H15AsCl2N5OS. The first-order valence-electron chi connectivity index (χ1n) is 9.23. The van der Waals surface area contributed by atoms with Gasteiger partial charge in [-0.3, -0.25) is 0 Å². The van der Waals surface area contributed by atoms with Crippen LogP contribution in [0.5, 0.6) is 0 Å². The fourth-order valence-electron chi connectivity index (χ4n) is 2.75. The summed E-state index contributed by atoms with van der Waals surface area (Å²) in [5.74, 6) is 1.17. The molecule has 4 rings (SSSR count). The quantitative estimate of drug-likeness (QED) is 0.281. The molecule has 31 heavy (non-hydrogen) atoms. The van der Waals surface area contributed by atoms with Gasteiger partial charge in [0, 0.05) is 0 Å². The molecule has 0 saturated heterocycles. The third-order valence-corrected chi connectivity index (χ3v) is 7.74. The zero-order valence-corrected chi connectivity index (χ0v) is 20.4. The molecule has 1 aromatic carbocycles. The number of nitrogens with zero attached hydrogens (tertiary/aromatic N) is 5. The van der Waals surface area contributed by atoms with Crippen LogP contribution in [0.25, 0.3) is 17.1 Å². The third-order valence-electron chi connectivity index (χ3n) is 4.13. The van der Waals surface area contributed by atoms with Crippen molar-refractivity contribution in [3.63, 3.8) is 0 Å². The molecule has 0 fully saturated rings. The molecule has 3 aromatic heterocycles. The minimum absolute atomic E-state index is 0.143. The second kappa shape index (κ2) is 9.96. The van der Waals surface area contributed by atoms with Gasteiger partial charge in [-0.25, -0.2) is 0 Å². The van der Waals surface area contributed by atoms with E-state index in [4.69, 9.17) is 28.2 Å². The molecule has 1 radical (unpaired) electrons. The number of thioether (sulfide) groups is 1. The Labute approximate surface area is 199 Å². The van der Waals surface area contributed by atoms with E-state index in [2.05, 4.69) is 15.1 Å². The SMILES string of the molecule is CCSc1cnn(-c2cc(-c3ccnc([As]c4cccc(Cl)c4)n3)ccn2)c(=O)c1Cl. The van der Waals surface area contributed by atoms with Crippen LogP contribution in [0, 0.1) is 0 Å². The number of hydrogen-bond acceptors (Lipinski definition) is 6. The van der Waals surface area contributed by atoms with E-state index in [9.17, 15) is 4.79 Å². The summed E-state index contributed by atoms with van der Waals surface area (Å²) in [7, 11) is 0. The van der Waals surface area contributed by atoms with Gasteiger partial charge < -0.3 is 0 Å². The van der Waals surface area contributed by atoms with Crippen molar-refractivity contribution in [1.29, 1.82) is 0 Å². The van der Waals surface area contributed by atoms with E-state index >= 15 is 0 Å². The Morgan fingerprint density at radius 3 is 2.74 bits per heavy atom. The van der Waals surface area contributed by atoms with Gasteiger partial charge in [0.15, 0.2) is 0 Å². The maximum atomic E-state index is 12.7. The molecule has 0 aliphatic carbocycles. The van der Waals surface area contributed by atoms with Crippen LogP contribution >= 0.6 is 35.0 Å². The van der Waals surface area contributed by atoms with Crippen LogP contribution in [-0.2, 0) is 0 Å². The molecule has 0 spiro atoms. The molecule has 0 saturated carbocycles. The van der Waals surface area contributed by atoms with Crippen LogP contribution in [0.3, 0.4) is 0 Å². The topological polar surface area (TPSA) is 73.6 Å². The molecule has 10 heteroatoms. The monoisotopic (exact) mass is 530 g/mol. The number of pyridine rings is 1. The Bertz CT molecular complexity index is 1300. The summed E-state index contributed by atoms with van der Waals surface area (Å²) in [5, 5.41) is 5.08. The second-order valence-corrected chi connectivity index (χ2v) is 10.7. The second-order valence-electron chi connectivity index (χ2n) is 6.21. The Hall–Kier alpha value is -2.18. The Morgan fingerprint density at radius 1 is 1.10 bits per heavy atom. The number of halogens is 2. The first-order valence-corrected chi connectivity index (χ1v) is 12.8. The average molecular weight is 531 g/mol.